The van der Waals surface area contributed by atoms with Crippen molar-refractivity contribution in [3.05, 3.63) is 42.0 Å². The summed E-state index contributed by atoms with van der Waals surface area (Å²) in [5.41, 5.74) is 7.52. The number of hydrogen-bond donors (Lipinski definition) is 5. The number of nitrogens with two attached hydrogens (primary N) is 1. The van der Waals surface area contributed by atoms with Gasteiger partial charge in [0, 0.05) is 11.1 Å². The van der Waals surface area contributed by atoms with Crippen molar-refractivity contribution in [1.82, 2.24) is 5.32 Å². The number of nitrogen functional groups attached to an aromatic ring is 1. The van der Waals surface area contributed by atoms with Crippen molar-refractivity contribution in [1.29, 1.82) is 0 Å². The van der Waals surface area contributed by atoms with Crippen molar-refractivity contribution < 1.29 is 15.3 Å². The van der Waals surface area contributed by atoms with E-state index < -0.39 is 24.3 Å². The number of benzene rings is 2. The van der Waals surface area contributed by atoms with Gasteiger partial charge in [0.05, 0.1) is 24.8 Å². The van der Waals surface area contributed by atoms with E-state index in [0.717, 1.165) is 16.3 Å². The molecule has 0 saturated carbocycles. The molecule has 1 aliphatic rings. The summed E-state index contributed by atoms with van der Waals surface area (Å²) in [5.74, 6) is 0. The van der Waals surface area contributed by atoms with Crippen LogP contribution in [0.3, 0.4) is 0 Å². The topological polar surface area (TPSA) is 98.7 Å². The van der Waals surface area contributed by atoms with Crippen molar-refractivity contribution in [2.45, 2.75) is 24.3 Å². The maximum absolute atomic E-state index is 10.2. The van der Waals surface area contributed by atoms with E-state index >= 15 is 0 Å². The molecule has 0 radical (unpaired) electrons. The Bertz CT molecular complexity index is 632. The van der Waals surface area contributed by atoms with Crippen LogP contribution >= 0.6 is 0 Å². The molecule has 0 bridgehead atoms. The molecule has 1 aliphatic heterocycles. The fourth-order valence-corrected chi connectivity index (χ4v) is 2.91. The molecule has 0 unspecified atom stereocenters. The third kappa shape index (κ3) is 1.96. The Morgan fingerprint density at radius 1 is 1.00 bits per heavy atom. The Balaban J connectivity index is 2.09. The number of fused-ring (bicyclic) bond motifs is 1. The lowest BCUT2D eigenvalue weighted by molar-refractivity contribution is 0.0196. The van der Waals surface area contributed by atoms with Crippen LogP contribution in [0.25, 0.3) is 10.8 Å². The van der Waals surface area contributed by atoms with E-state index in [1.807, 2.05) is 30.3 Å². The van der Waals surface area contributed by atoms with Gasteiger partial charge < -0.3 is 26.4 Å². The molecule has 2 aromatic rings. The Hall–Kier alpha value is -1.66. The summed E-state index contributed by atoms with van der Waals surface area (Å²) in [7, 11) is 0. The molecular formula is C15H18N2O3. The minimum absolute atomic E-state index is 0.221. The normalized spacial score (nSPS) is 29.9. The van der Waals surface area contributed by atoms with Gasteiger partial charge in [-0.25, -0.2) is 0 Å². The van der Waals surface area contributed by atoms with Gasteiger partial charge in [-0.1, -0.05) is 30.3 Å². The summed E-state index contributed by atoms with van der Waals surface area (Å²) in [6, 6.07) is 10.4. The van der Waals surface area contributed by atoms with E-state index in [0.29, 0.717) is 5.69 Å². The van der Waals surface area contributed by atoms with Gasteiger partial charge in [0.1, 0.15) is 6.10 Å². The summed E-state index contributed by atoms with van der Waals surface area (Å²) in [6.45, 7) is -0.221. The first-order valence-electron chi connectivity index (χ1n) is 6.63. The molecule has 106 valence electrons. The molecule has 20 heavy (non-hydrogen) atoms. The number of hydrogen-bond acceptors (Lipinski definition) is 5. The minimum Gasteiger partial charge on any atom is -0.398 e. The van der Waals surface area contributed by atoms with Gasteiger partial charge in [-0.3, -0.25) is 0 Å². The highest BCUT2D eigenvalue weighted by atomic mass is 16.3. The summed E-state index contributed by atoms with van der Waals surface area (Å²) in [6.07, 6.45) is -1.94. The van der Waals surface area contributed by atoms with Crippen molar-refractivity contribution in [2.75, 3.05) is 12.3 Å². The first-order valence-corrected chi connectivity index (χ1v) is 6.63. The number of aliphatic hydroxyl groups excluding tert-OH is 3. The maximum atomic E-state index is 10.2. The van der Waals surface area contributed by atoms with Gasteiger partial charge in [0.25, 0.3) is 0 Å². The van der Waals surface area contributed by atoms with Gasteiger partial charge in [0.15, 0.2) is 0 Å². The Morgan fingerprint density at radius 2 is 1.70 bits per heavy atom. The van der Waals surface area contributed by atoms with Gasteiger partial charge in [-0.15, -0.1) is 0 Å². The predicted octanol–water partition coefficient (Wildman–Crippen LogP) is 0.149. The Kier molecular flexibility index (Phi) is 3.35. The third-order valence-corrected chi connectivity index (χ3v) is 4.02. The zero-order chi connectivity index (χ0) is 14.3. The minimum atomic E-state index is -0.985. The predicted molar refractivity (Wildman–Crippen MR) is 77.1 cm³/mol. The first-order chi connectivity index (χ1) is 9.63. The van der Waals surface area contributed by atoms with Crippen LogP contribution in [0.1, 0.15) is 11.6 Å². The molecule has 1 fully saturated rings. The van der Waals surface area contributed by atoms with E-state index in [4.69, 9.17) is 5.73 Å². The number of anilines is 1. The second-order valence-electron chi connectivity index (χ2n) is 5.20. The average Bonchev–Trinajstić information content (AvgIpc) is 2.76. The van der Waals surface area contributed by atoms with Gasteiger partial charge in [-0.2, -0.15) is 0 Å². The number of aliphatic hydroxyl groups is 3. The number of nitrogens with one attached hydrogen (secondary N) is 1. The lowest BCUT2D eigenvalue weighted by Gasteiger charge is -2.19. The average molecular weight is 274 g/mol. The Morgan fingerprint density at radius 3 is 2.35 bits per heavy atom. The monoisotopic (exact) mass is 274 g/mol. The smallest absolute Gasteiger partial charge is 0.101 e. The van der Waals surface area contributed by atoms with E-state index in [-0.39, 0.29) is 6.61 Å². The molecule has 6 N–H and O–H groups in total. The molecule has 3 rings (SSSR count). The molecule has 0 aromatic heterocycles. The van der Waals surface area contributed by atoms with Gasteiger partial charge in [-0.05, 0) is 17.0 Å². The Labute approximate surface area is 116 Å². The van der Waals surface area contributed by atoms with Crippen LogP contribution in [0.4, 0.5) is 5.69 Å². The lowest BCUT2D eigenvalue weighted by atomic mass is 9.95. The van der Waals surface area contributed by atoms with Crippen LogP contribution in [0.5, 0.6) is 0 Å². The van der Waals surface area contributed by atoms with E-state index in [9.17, 15) is 15.3 Å². The van der Waals surface area contributed by atoms with E-state index in [2.05, 4.69) is 5.32 Å². The third-order valence-electron chi connectivity index (χ3n) is 4.02. The molecule has 1 heterocycles. The second-order valence-corrected chi connectivity index (χ2v) is 5.20. The largest absolute Gasteiger partial charge is 0.398 e. The van der Waals surface area contributed by atoms with Gasteiger partial charge in [0.2, 0.25) is 0 Å². The van der Waals surface area contributed by atoms with Crippen molar-refractivity contribution in [3.8, 4) is 0 Å². The van der Waals surface area contributed by atoms with Crippen molar-refractivity contribution >= 4 is 16.5 Å². The molecule has 1 saturated heterocycles. The zero-order valence-electron chi connectivity index (χ0n) is 10.9. The molecule has 2 aromatic carbocycles. The fraction of sp³-hybridized carbons (Fsp3) is 0.333. The van der Waals surface area contributed by atoms with Crippen molar-refractivity contribution in [3.63, 3.8) is 0 Å². The molecule has 4 atom stereocenters. The first kappa shape index (κ1) is 13.3. The standard InChI is InChI=1S/C15H18N2O3/c16-11-6-5-10(8-3-1-2-4-9(8)11)13-15(20)14(19)12(7-18)17-13/h1-6,12-15,17-20H,7,16H2/t12-,13+,14-,15+/m1/s1. The van der Waals surface area contributed by atoms with Crippen LogP contribution in [0.2, 0.25) is 0 Å². The SMILES string of the molecule is Nc1ccc([C@@H]2N[C@H](CO)[C@@H](O)[C@H]2O)c2ccccc12. The lowest BCUT2D eigenvalue weighted by Crippen LogP contribution is -2.35. The zero-order valence-corrected chi connectivity index (χ0v) is 10.9. The molecule has 0 spiro atoms. The maximum Gasteiger partial charge on any atom is 0.101 e. The van der Waals surface area contributed by atoms with Crippen molar-refractivity contribution in [2.24, 2.45) is 0 Å². The molecule has 5 nitrogen and oxygen atoms in total. The van der Waals surface area contributed by atoms with Crippen LogP contribution in [0, 0.1) is 0 Å². The number of rotatable bonds is 2. The van der Waals surface area contributed by atoms with Crippen LogP contribution < -0.4 is 11.1 Å². The summed E-state index contributed by atoms with van der Waals surface area (Å²) in [5, 5.41) is 34.3. The van der Waals surface area contributed by atoms with Gasteiger partial charge >= 0.3 is 0 Å². The van der Waals surface area contributed by atoms with Crippen LogP contribution in [-0.2, 0) is 0 Å². The summed E-state index contributed by atoms with van der Waals surface area (Å²) in [4.78, 5) is 0. The highest BCUT2D eigenvalue weighted by molar-refractivity contribution is 5.95. The van der Waals surface area contributed by atoms with E-state index in [1.165, 1.54) is 0 Å². The highest BCUT2D eigenvalue weighted by Gasteiger charge is 2.41. The quantitative estimate of drug-likeness (QED) is 0.502. The molecule has 5 heteroatoms. The molecule has 0 aliphatic carbocycles. The fourth-order valence-electron chi connectivity index (χ4n) is 2.91. The second kappa shape index (κ2) is 5.03. The molecular weight excluding hydrogens is 256 g/mol. The summed E-state index contributed by atoms with van der Waals surface area (Å²) >= 11 is 0. The van der Waals surface area contributed by atoms with Crippen LogP contribution in [-0.4, -0.2) is 40.2 Å². The molecule has 0 amide bonds. The van der Waals surface area contributed by atoms with E-state index in [1.54, 1.807) is 6.07 Å². The van der Waals surface area contributed by atoms with Crippen LogP contribution in [0.15, 0.2) is 36.4 Å². The highest BCUT2D eigenvalue weighted by Crippen LogP contribution is 2.34. The summed E-state index contributed by atoms with van der Waals surface area (Å²) < 4.78 is 0.